The SMILES string of the molecule is CC(O)C(=O)N[C@H]1CCN2c3ccc([N+](=O)[O-])cc3N(C)c3ccccc3[C@H]2C1. The first kappa shape index (κ1) is 19.2. The average molecular weight is 396 g/mol. The molecule has 2 aliphatic heterocycles. The lowest BCUT2D eigenvalue weighted by Crippen LogP contribution is -2.48. The molecule has 2 heterocycles. The second-order valence-electron chi connectivity index (χ2n) is 7.66. The Hall–Kier alpha value is -3.13. The van der Waals surface area contributed by atoms with Gasteiger partial charge in [-0.25, -0.2) is 0 Å². The molecule has 0 bridgehead atoms. The van der Waals surface area contributed by atoms with E-state index in [2.05, 4.69) is 16.3 Å². The van der Waals surface area contributed by atoms with Crippen molar-refractivity contribution in [3.63, 3.8) is 0 Å². The van der Waals surface area contributed by atoms with Crippen molar-refractivity contribution in [2.45, 2.75) is 38.0 Å². The molecule has 29 heavy (non-hydrogen) atoms. The molecule has 0 aliphatic carbocycles. The summed E-state index contributed by atoms with van der Waals surface area (Å²) in [5.41, 5.74) is 3.90. The minimum atomic E-state index is -1.04. The minimum Gasteiger partial charge on any atom is -0.384 e. The number of nitrogens with zero attached hydrogens (tertiary/aromatic N) is 3. The largest absolute Gasteiger partial charge is 0.384 e. The zero-order valence-electron chi connectivity index (χ0n) is 16.4. The van der Waals surface area contributed by atoms with E-state index in [4.69, 9.17) is 0 Å². The first-order chi connectivity index (χ1) is 13.9. The molecule has 1 fully saturated rings. The summed E-state index contributed by atoms with van der Waals surface area (Å²) in [6.45, 7) is 2.16. The van der Waals surface area contributed by atoms with Crippen molar-refractivity contribution in [3.05, 3.63) is 58.1 Å². The topological polar surface area (TPSA) is 99.0 Å². The van der Waals surface area contributed by atoms with E-state index in [0.29, 0.717) is 13.0 Å². The Labute approximate surface area is 168 Å². The molecule has 0 saturated carbocycles. The highest BCUT2D eigenvalue weighted by Crippen LogP contribution is 2.48. The van der Waals surface area contributed by atoms with Crippen LogP contribution in [0.3, 0.4) is 0 Å². The van der Waals surface area contributed by atoms with Gasteiger partial charge < -0.3 is 20.2 Å². The number of aliphatic hydroxyl groups is 1. The van der Waals surface area contributed by atoms with E-state index in [1.54, 1.807) is 12.1 Å². The van der Waals surface area contributed by atoms with Crippen molar-refractivity contribution in [1.82, 2.24) is 5.32 Å². The third-order valence-corrected chi connectivity index (χ3v) is 5.83. The number of aliphatic hydroxyl groups excluding tert-OH is 1. The van der Waals surface area contributed by atoms with Crippen LogP contribution in [0.1, 0.15) is 31.4 Å². The highest BCUT2D eigenvalue weighted by molar-refractivity contribution is 5.84. The number of non-ortho nitro benzene ring substituents is 1. The van der Waals surface area contributed by atoms with Crippen LogP contribution in [0, 0.1) is 10.1 Å². The first-order valence-corrected chi connectivity index (χ1v) is 9.73. The molecule has 2 aliphatic rings. The molecule has 0 aromatic heterocycles. The number of hydrogen-bond acceptors (Lipinski definition) is 6. The number of nitro groups is 1. The Morgan fingerprint density at radius 1 is 1.24 bits per heavy atom. The predicted molar refractivity (Wildman–Crippen MR) is 111 cm³/mol. The number of anilines is 3. The van der Waals surface area contributed by atoms with Gasteiger partial charge in [0.2, 0.25) is 5.91 Å². The fourth-order valence-electron chi connectivity index (χ4n) is 4.34. The van der Waals surface area contributed by atoms with Gasteiger partial charge in [0, 0.05) is 37.5 Å². The van der Waals surface area contributed by atoms with Crippen LogP contribution in [0.2, 0.25) is 0 Å². The van der Waals surface area contributed by atoms with Crippen molar-refractivity contribution >= 4 is 28.7 Å². The van der Waals surface area contributed by atoms with Crippen LogP contribution >= 0.6 is 0 Å². The Balaban J connectivity index is 1.77. The number of nitro benzene ring substituents is 1. The molecule has 0 radical (unpaired) electrons. The number of amides is 1. The summed E-state index contributed by atoms with van der Waals surface area (Å²) >= 11 is 0. The molecule has 1 saturated heterocycles. The molecule has 152 valence electrons. The lowest BCUT2D eigenvalue weighted by atomic mass is 9.90. The fraction of sp³-hybridized carbons (Fsp3) is 0.381. The van der Waals surface area contributed by atoms with Crippen LogP contribution < -0.4 is 15.1 Å². The summed E-state index contributed by atoms with van der Waals surface area (Å²) in [5, 5.41) is 23.8. The number of para-hydroxylation sites is 1. The Kier molecular flexibility index (Phi) is 4.87. The van der Waals surface area contributed by atoms with Crippen LogP contribution in [-0.4, -0.2) is 41.7 Å². The molecule has 2 aromatic carbocycles. The molecule has 0 spiro atoms. The monoisotopic (exact) mass is 396 g/mol. The van der Waals surface area contributed by atoms with Crippen LogP contribution in [0.4, 0.5) is 22.7 Å². The highest BCUT2D eigenvalue weighted by Gasteiger charge is 2.37. The second kappa shape index (κ2) is 7.36. The summed E-state index contributed by atoms with van der Waals surface area (Å²) in [4.78, 5) is 27.2. The van der Waals surface area contributed by atoms with Crippen LogP contribution in [0.15, 0.2) is 42.5 Å². The zero-order valence-corrected chi connectivity index (χ0v) is 16.4. The lowest BCUT2D eigenvalue weighted by molar-refractivity contribution is -0.384. The molecule has 2 aromatic rings. The Morgan fingerprint density at radius 2 is 2.00 bits per heavy atom. The zero-order chi connectivity index (χ0) is 20.7. The molecule has 2 N–H and O–H groups in total. The van der Waals surface area contributed by atoms with E-state index in [9.17, 15) is 20.0 Å². The van der Waals surface area contributed by atoms with Crippen molar-refractivity contribution in [3.8, 4) is 0 Å². The maximum atomic E-state index is 12.0. The third-order valence-electron chi connectivity index (χ3n) is 5.83. The molecule has 1 unspecified atom stereocenters. The van der Waals surface area contributed by atoms with E-state index in [1.807, 2.05) is 36.2 Å². The van der Waals surface area contributed by atoms with Crippen molar-refractivity contribution < 1.29 is 14.8 Å². The number of fused-ring (bicyclic) bond motifs is 5. The highest BCUT2D eigenvalue weighted by atomic mass is 16.6. The van der Waals surface area contributed by atoms with Gasteiger partial charge >= 0.3 is 0 Å². The van der Waals surface area contributed by atoms with Gasteiger partial charge in [-0.05, 0) is 37.5 Å². The summed E-state index contributed by atoms with van der Waals surface area (Å²) in [7, 11) is 1.92. The Morgan fingerprint density at radius 3 is 2.72 bits per heavy atom. The number of piperidine rings is 1. The van der Waals surface area contributed by atoms with Crippen molar-refractivity contribution in [2.75, 3.05) is 23.4 Å². The van der Waals surface area contributed by atoms with Crippen LogP contribution in [0.25, 0.3) is 0 Å². The lowest BCUT2D eigenvalue weighted by Gasteiger charge is -2.41. The summed E-state index contributed by atoms with van der Waals surface area (Å²) < 4.78 is 0. The molecular formula is C21H24N4O4. The minimum absolute atomic E-state index is 0.0180. The van der Waals surface area contributed by atoms with Gasteiger partial charge in [-0.3, -0.25) is 14.9 Å². The van der Waals surface area contributed by atoms with Gasteiger partial charge in [0.25, 0.3) is 5.69 Å². The van der Waals surface area contributed by atoms with Crippen LogP contribution in [-0.2, 0) is 4.79 Å². The number of nitrogens with one attached hydrogen (secondary N) is 1. The summed E-state index contributed by atoms with van der Waals surface area (Å²) in [6, 6.07) is 13.0. The molecule has 3 atom stereocenters. The molecule has 1 amide bonds. The van der Waals surface area contributed by atoms with Gasteiger partial charge in [-0.1, -0.05) is 18.2 Å². The average Bonchev–Trinajstić information content (AvgIpc) is 2.81. The van der Waals surface area contributed by atoms with Crippen molar-refractivity contribution in [2.24, 2.45) is 0 Å². The number of hydrogen-bond donors (Lipinski definition) is 2. The number of carbonyl (C=O) groups excluding carboxylic acids is 1. The van der Waals surface area contributed by atoms with Gasteiger partial charge in [0.15, 0.2) is 0 Å². The summed E-state index contributed by atoms with van der Waals surface area (Å²) in [5.74, 6) is -0.362. The predicted octanol–water partition coefficient (Wildman–Crippen LogP) is 2.88. The van der Waals surface area contributed by atoms with Gasteiger partial charge in [0.1, 0.15) is 6.10 Å². The molecular weight excluding hydrogens is 372 g/mol. The van der Waals surface area contributed by atoms with E-state index in [1.165, 1.54) is 6.92 Å². The van der Waals surface area contributed by atoms with E-state index in [-0.39, 0.29) is 28.6 Å². The number of carbonyl (C=O) groups is 1. The van der Waals surface area contributed by atoms with E-state index >= 15 is 0 Å². The fourth-order valence-corrected chi connectivity index (χ4v) is 4.34. The van der Waals surface area contributed by atoms with Crippen molar-refractivity contribution in [1.29, 1.82) is 0 Å². The molecule has 8 nitrogen and oxygen atoms in total. The van der Waals surface area contributed by atoms with E-state index < -0.39 is 6.10 Å². The standard InChI is InChI=1S/C21H24N4O4/c1-13(26)21(27)22-14-9-10-24-18-8-7-15(25(28)29)12-20(18)23(2)17-6-4-3-5-16(17)19(24)11-14/h3-8,12-14,19,26H,9-11H2,1-2H3,(H,22,27)/t13?,14-,19+/m0/s1. The Bertz CT molecular complexity index is 961. The molecule has 8 heteroatoms. The third kappa shape index (κ3) is 3.40. The number of rotatable bonds is 3. The smallest absolute Gasteiger partial charge is 0.271 e. The van der Waals surface area contributed by atoms with E-state index in [0.717, 1.165) is 29.0 Å². The van der Waals surface area contributed by atoms with Gasteiger partial charge in [-0.2, -0.15) is 0 Å². The van der Waals surface area contributed by atoms with Gasteiger partial charge in [0.05, 0.1) is 22.3 Å². The molecule has 4 rings (SSSR count). The van der Waals surface area contributed by atoms with Crippen LogP contribution in [0.5, 0.6) is 0 Å². The number of benzene rings is 2. The maximum absolute atomic E-state index is 12.0. The second-order valence-corrected chi connectivity index (χ2v) is 7.66. The maximum Gasteiger partial charge on any atom is 0.271 e. The quantitative estimate of drug-likeness (QED) is 0.611. The first-order valence-electron chi connectivity index (χ1n) is 9.73. The summed E-state index contributed by atoms with van der Waals surface area (Å²) in [6.07, 6.45) is 0.388. The normalized spacial score (nSPS) is 21.3. The van der Waals surface area contributed by atoms with Gasteiger partial charge in [-0.15, -0.1) is 0 Å².